The molecule has 1 aliphatic rings. The zero-order chi connectivity index (χ0) is 15.5. The minimum Gasteiger partial charge on any atom is -0.461 e. The molecule has 116 valence electrons. The number of halogens is 1. The molecule has 0 aliphatic carbocycles. The van der Waals surface area contributed by atoms with Gasteiger partial charge in [0, 0.05) is 18.5 Å². The Morgan fingerprint density at radius 2 is 2.45 bits per heavy atom. The lowest BCUT2D eigenvalue weighted by atomic mass is 10.0. The summed E-state index contributed by atoms with van der Waals surface area (Å²) in [7, 11) is 0. The Bertz CT molecular complexity index is 682. The van der Waals surface area contributed by atoms with Crippen molar-refractivity contribution in [3.63, 3.8) is 0 Å². The van der Waals surface area contributed by atoms with Crippen LogP contribution in [-0.4, -0.2) is 45.6 Å². The summed E-state index contributed by atoms with van der Waals surface area (Å²) in [5.41, 5.74) is 0.945. The van der Waals surface area contributed by atoms with Gasteiger partial charge in [0.15, 0.2) is 5.69 Å². The van der Waals surface area contributed by atoms with E-state index in [1.54, 1.807) is 6.92 Å². The summed E-state index contributed by atoms with van der Waals surface area (Å²) in [5, 5.41) is 10.7. The van der Waals surface area contributed by atoms with E-state index >= 15 is 0 Å². The number of pyridine rings is 1. The highest BCUT2D eigenvalue weighted by Gasteiger charge is 2.22. The second-order valence-corrected chi connectivity index (χ2v) is 5.02. The third kappa shape index (κ3) is 2.82. The Hall–Kier alpha value is -2.35. The average Bonchev–Trinajstić information content (AvgIpc) is 3.19. The van der Waals surface area contributed by atoms with Crippen molar-refractivity contribution in [3.8, 4) is 5.69 Å². The summed E-state index contributed by atoms with van der Waals surface area (Å²) >= 11 is 0. The van der Waals surface area contributed by atoms with Crippen LogP contribution in [0.15, 0.2) is 18.5 Å². The molecule has 1 fully saturated rings. The number of esters is 1. The molecular weight excluding hydrogens is 289 g/mol. The molecule has 3 heterocycles. The maximum absolute atomic E-state index is 14.2. The van der Waals surface area contributed by atoms with Crippen molar-refractivity contribution in [3.05, 3.63) is 35.7 Å². The number of carbonyl (C=O) groups is 1. The molecule has 2 aromatic rings. The molecule has 0 radical (unpaired) electrons. The Morgan fingerprint density at radius 3 is 3.14 bits per heavy atom. The van der Waals surface area contributed by atoms with Crippen molar-refractivity contribution in [2.75, 3.05) is 19.7 Å². The van der Waals surface area contributed by atoms with Crippen LogP contribution in [0.2, 0.25) is 0 Å². The van der Waals surface area contributed by atoms with Gasteiger partial charge < -0.3 is 10.1 Å². The van der Waals surface area contributed by atoms with Crippen molar-refractivity contribution in [1.29, 1.82) is 0 Å². The molecule has 0 aromatic carbocycles. The summed E-state index contributed by atoms with van der Waals surface area (Å²) in [5.74, 6) is -0.838. The predicted molar refractivity (Wildman–Crippen MR) is 75.3 cm³/mol. The van der Waals surface area contributed by atoms with Gasteiger partial charge in [-0.3, -0.25) is 4.98 Å². The first-order valence-corrected chi connectivity index (χ1v) is 7.15. The molecule has 1 N–H and O–H groups in total. The lowest BCUT2D eigenvalue weighted by molar-refractivity contribution is 0.0519. The fourth-order valence-electron chi connectivity index (χ4n) is 2.44. The largest absolute Gasteiger partial charge is 0.461 e. The van der Waals surface area contributed by atoms with Gasteiger partial charge in [0.1, 0.15) is 5.82 Å². The van der Waals surface area contributed by atoms with Gasteiger partial charge in [-0.25, -0.2) is 13.9 Å². The molecule has 2 aromatic heterocycles. The van der Waals surface area contributed by atoms with E-state index < -0.39 is 5.97 Å². The van der Waals surface area contributed by atoms with Crippen LogP contribution in [0, 0.1) is 5.82 Å². The molecule has 1 aliphatic heterocycles. The van der Waals surface area contributed by atoms with E-state index in [1.807, 2.05) is 0 Å². The van der Waals surface area contributed by atoms with E-state index in [4.69, 9.17) is 4.74 Å². The number of hydrogen-bond acceptors (Lipinski definition) is 6. The highest BCUT2D eigenvalue weighted by Crippen LogP contribution is 2.24. The molecule has 1 atom stereocenters. The number of nitrogens with one attached hydrogen (secondary N) is 1. The maximum Gasteiger partial charge on any atom is 0.360 e. The fourth-order valence-corrected chi connectivity index (χ4v) is 2.44. The standard InChI is InChI=1S/C14H16FN5O2/c1-2-22-14(21)12-8-20(19-18-12)10-5-11(15)13(17-7-10)9-3-4-16-6-9/h5,7-9,16H,2-4,6H2,1H3. The smallest absolute Gasteiger partial charge is 0.360 e. The molecule has 1 saturated heterocycles. The molecule has 0 amide bonds. The quantitative estimate of drug-likeness (QED) is 0.850. The maximum atomic E-state index is 14.2. The normalized spacial score (nSPS) is 17.6. The van der Waals surface area contributed by atoms with Crippen molar-refractivity contribution in [2.24, 2.45) is 0 Å². The summed E-state index contributed by atoms with van der Waals surface area (Å²) in [4.78, 5) is 15.8. The fraction of sp³-hybridized carbons (Fsp3) is 0.429. The topological polar surface area (TPSA) is 81.9 Å². The van der Waals surface area contributed by atoms with Gasteiger partial charge in [-0.2, -0.15) is 0 Å². The second-order valence-electron chi connectivity index (χ2n) is 5.02. The first-order chi connectivity index (χ1) is 10.7. The van der Waals surface area contributed by atoms with Crippen molar-refractivity contribution in [2.45, 2.75) is 19.3 Å². The monoisotopic (exact) mass is 305 g/mol. The second kappa shape index (κ2) is 6.18. The van der Waals surface area contributed by atoms with E-state index in [0.29, 0.717) is 11.4 Å². The van der Waals surface area contributed by atoms with Gasteiger partial charge in [-0.05, 0) is 19.9 Å². The van der Waals surface area contributed by atoms with Gasteiger partial charge in [0.25, 0.3) is 0 Å². The molecule has 1 unspecified atom stereocenters. The average molecular weight is 305 g/mol. The lowest BCUT2D eigenvalue weighted by Crippen LogP contribution is -2.11. The van der Waals surface area contributed by atoms with Crippen LogP contribution in [0.3, 0.4) is 0 Å². The Balaban J connectivity index is 1.83. The van der Waals surface area contributed by atoms with Crippen LogP contribution in [0.25, 0.3) is 5.69 Å². The number of aromatic nitrogens is 4. The van der Waals surface area contributed by atoms with Crippen molar-refractivity contribution in [1.82, 2.24) is 25.3 Å². The van der Waals surface area contributed by atoms with Crippen LogP contribution in [0.5, 0.6) is 0 Å². The van der Waals surface area contributed by atoms with E-state index in [0.717, 1.165) is 19.5 Å². The lowest BCUT2D eigenvalue weighted by Gasteiger charge is -2.09. The third-order valence-corrected chi connectivity index (χ3v) is 3.54. The zero-order valence-corrected chi connectivity index (χ0v) is 12.1. The third-order valence-electron chi connectivity index (χ3n) is 3.54. The van der Waals surface area contributed by atoms with Crippen LogP contribution in [0.4, 0.5) is 4.39 Å². The first kappa shape index (κ1) is 14.6. The Kier molecular flexibility index (Phi) is 4.10. The summed E-state index contributed by atoms with van der Waals surface area (Å²) in [6, 6.07) is 1.35. The van der Waals surface area contributed by atoms with Crippen molar-refractivity contribution >= 4 is 5.97 Å². The van der Waals surface area contributed by atoms with Gasteiger partial charge in [0.2, 0.25) is 0 Å². The number of ether oxygens (including phenoxy) is 1. The molecule has 3 rings (SSSR count). The summed E-state index contributed by atoms with van der Waals surface area (Å²) in [6.07, 6.45) is 3.80. The first-order valence-electron chi connectivity index (χ1n) is 7.15. The SMILES string of the molecule is CCOC(=O)c1cn(-c2cnc(C3CCNC3)c(F)c2)nn1. The molecule has 0 spiro atoms. The van der Waals surface area contributed by atoms with Gasteiger partial charge >= 0.3 is 5.97 Å². The Morgan fingerprint density at radius 1 is 1.59 bits per heavy atom. The highest BCUT2D eigenvalue weighted by atomic mass is 19.1. The van der Waals surface area contributed by atoms with E-state index in [-0.39, 0.29) is 24.0 Å². The molecule has 8 heteroatoms. The number of nitrogens with zero attached hydrogens (tertiary/aromatic N) is 4. The summed E-state index contributed by atoms with van der Waals surface area (Å²) in [6.45, 7) is 3.57. The van der Waals surface area contributed by atoms with Gasteiger partial charge in [0.05, 0.1) is 30.4 Å². The zero-order valence-electron chi connectivity index (χ0n) is 12.1. The molecule has 22 heavy (non-hydrogen) atoms. The minimum absolute atomic E-state index is 0.0753. The van der Waals surface area contributed by atoms with Gasteiger partial charge in [-0.15, -0.1) is 5.10 Å². The molecule has 7 nitrogen and oxygen atoms in total. The molecular formula is C14H16FN5O2. The van der Waals surface area contributed by atoms with Crippen LogP contribution < -0.4 is 5.32 Å². The van der Waals surface area contributed by atoms with Crippen molar-refractivity contribution < 1.29 is 13.9 Å². The van der Waals surface area contributed by atoms with Crippen LogP contribution in [0.1, 0.15) is 35.4 Å². The number of rotatable bonds is 4. The van der Waals surface area contributed by atoms with Crippen LogP contribution >= 0.6 is 0 Å². The number of carbonyl (C=O) groups excluding carboxylic acids is 1. The Labute approximate surface area is 126 Å². The predicted octanol–water partition coefficient (Wildman–Crippen LogP) is 1.05. The van der Waals surface area contributed by atoms with E-state index in [2.05, 4.69) is 20.6 Å². The minimum atomic E-state index is -0.559. The highest BCUT2D eigenvalue weighted by molar-refractivity contribution is 5.86. The molecule has 0 saturated carbocycles. The van der Waals surface area contributed by atoms with Crippen LogP contribution in [-0.2, 0) is 4.74 Å². The summed E-state index contributed by atoms with van der Waals surface area (Å²) < 4.78 is 20.4. The number of hydrogen-bond donors (Lipinski definition) is 1. The molecule has 0 bridgehead atoms. The van der Waals surface area contributed by atoms with E-state index in [9.17, 15) is 9.18 Å². The van der Waals surface area contributed by atoms with Gasteiger partial charge in [-0.1, -0.05) is 5.21 Å². The van der Waals surface area contributed by atoms with E-state index in [1.165, 1.54) is 23.1 Å².